The van der Waals surface area contributed by atoms with Gasteiger partial charge in [0.1, 0.15) is 0 Å². The van der Waals surface area contributed by atoms with Gasteiger partial charge in [0.15, 0.2) is 0 Å². The van der Waals surface area contributed by atoms with Crippen molar-refractivity contribution in [2.24, 2.45) is 4.99 Å². The van der Waals surface area contributed by atoms with Gasteiger partial charge in [-0.15, -0.1) is 0 Å². The molecule has 2 nitrogen and oxygen atoms in total. The van der Waals surface area contributed by atoms with Gasteiger partial charge in [0.2, 0.25) is 0 Å². The average Bonchev–Trinajstić information content (AvgIpc) is 2.21. The molecule has 0 radical (unpaired) electrons. The maximum absolute atomic E-state index is 4.56. The molecule has 2 rings (SSSR count). The van der Waals surface area contributed by atoms with Gasteiger partial charge in [-0.3, -0.25) is 4.99 Å². The van der Waals surface area contributed by atoms with Crippen LogP contribution in [0.15, 0.2) is 17.1 Å². The van der Waals surface area contributed by atoms with E-state index in [4.69, 9.17) is 0 Å². The fourth-order valence-corrected chi connectivity index (χ4v) is 1.82. The van der Waals surface area contributed by atoms with Crippen molar-refractivity contribution in [2.75, 3.05) is 19.6 Å². The van der Waals surface area contributed by atoms with Gasteiger partial charge < -0.3 is 4.90 Å². The van der Waals surface area contributed by atoms with Crippen molar-refractivity contribution in [1.82, 2.24) is 4.90 Å². The Labute approximate surface area is 74.0 Å². The summed E-state index contributed by atoms with van der Waals surface area (Å²) in [7, 11) is 0. The van der Waals surface area contributed by atoms with E-state index in [1.807, 2.05) is 0 Å². The monoisotopic (exact) mass is 164 g/mol. The van der Waals surface area contributed by atoms with E-state index in [9.17, 15) is 0 Å². The fourth-order valence-electron chi connectivity index (χ4n) is 1.82. The number of amidine groups is 1. The minimum Gasteiger partial charge on any atom is -0.356 e. The molecule has 0 amide bonds. The van der Waals surface area contributed by atoms with Crippen molar-refractivity contribution in [3.63, 3.8) is 0 Å². The van der Waals surface area contributed by atoms with Crippen LogP contribution >= 0.6 is 0 Å². The molecule has 0 bridgehead atoms. The molecule has 0 fully saturated rings. The summed E-state index contributed by atoms with van der Waals surface area (Å²) >= 11 is 0. The third kappa shape index (κ3) is 1.68. The topological polar surface area (TPSA) is 15.6 Å². The first-order chi connectivity index (χ1) is 5.97. The molecule has 0 saturated heterocycles. The maximum Gasteiger partial charge on any atom is 0.0991 e. The summed E-state index contributed by atoms with van der Waals surface area (Å²) in [5.41, 5.74) is 0. The predicted molar refractivity (Wildman–Crippen MR) is 51.5 cm³/mol. The summed E-state index contributed by atoms with van der Waals surface area (Å²) in [6.07, 6.45) is 9.53. The highest BCUT2D eigenvalue weighted by molar-refractivity contribution is 5.83. The molecule has 0 N–H and O–H groups in total. The van der Waals surface area contributed by atoms with E-state index in [0.717, 1.165) is 13.1 Å². The summed E-state index contributed by atoms with van der Waals surface area (Å²) in [5, 5.41) is 0. The summed E-state index contributed by atoms with van der Waals surface area (Å²) in [5.74, 6) is 1.35. The normalized spacial score (nSPS) is 24.0. The second-order valence-electron chi connectivity index (χ2n) is 3.46. The molecule has 0 aromatic heterocycles. The molecule has 0 spiro atoms. The highest BCUT2D eigenvalue weighted by atomic mass is 15.2. The molecule has 66 valence electrons. The molecule has 12 heavy (non-hydrogen) atoms. The summed E-state index contributed by atoms with van der Waals surface area (Å²) < 4.78 is 0. The lowest BCUT2D eigenvalue weighted by Crippen LogP contribution is -2.35. The molecule has 0 saturated carbocycles. The number of aliphatic imine (C=N–C) groups is 1. The fraction of sp³-hybridized carbons (Fsp3) is 0.700. The van der Waals surface area contributed by atoms with Crippen LogP contribution in [0.1, 0.15) is 25.7 Å². The summed E-state index contributed by atoms with van der Waals surface area (Å²) in [4.78, 5) is 6.98. The van der Waals surface area contributed by atoms with E-state index in [1.54, 1.807) is 0 Å². The number of nitrogens with zero attached hydrogens (tertiary/aromatic N) is 2. The van der Waals surface area contributed by atoms with Gasteiger partial charge in [-0.25, -0.2) is 0 Å². The Morgan fingerprint density at radius 1 is 1.25 bits per heavy atom. The highest BCUT2D eigenvalue weighted by Crippen LogP contribution is 2.12. The molecule has 0 aromatic rings. The van der Waals surface area contributed by atoms with Gasteiger partial charge in [-0.05, 0) is 19.3 Å². The Bertz CT molecular complexity index is 206. The van der Waals surface area contributed by atoms with Crippen molar-refractivity contribution < 1.29 is 0 Å². The Kier molecular flexibility index (Phi) is 2.45. The van der Waals surface area contributed by atoms with Crippen molar-refractivity contribution >= 4 is 5.84 Å². The van der Waals surface area contributed by atoms with Gasteiger partial charge in [-0.1, -0.05) is 12.2 Å². The molecule has 2 heteroatoms. The second-order valence-corrected chi connectivity index (χ2v) is 3.46. The van der Waals surface area contributed by atoms with Crippen LogP contribution in [0.5, 0.6) is 0 Å². The number of hydrogen-bond acceptors (Lipinski definition) is 2. The van der Waals surface area contributed by atoms with Gasteiger partial charge in [-0.2, -0.15) is 0 Å². The van der Waals surface area contributed by atoms with E-state index in [2.05, 4.69) is 22.0 Å². The van der Waals surface area contributed by atoms with Gasteiger partial charge in [0, 0.05) is 26.1 Å². The lowest BCUT2D eigenvalue weighted by Gasteiger charge is -2.28. The minimum atomic E-state index is 1.05. The van der Waals surface area contributed by atoms with Crippen LogP contribution in [0.4, 0.5) is 0 Å². The highest BCUT2D eigenvalue weighted by Gasteiger charge is 2.13. The Balaban J connectivity index is 1.98. The quantitative estimate of drug-likeness (QED) is 0.499. The van der Waals surface area contributed by atoms with Crippen LogP contribution in [0, 0.1) is 0 Å². The SMILES string of the molecule is C1=CCN(C2=NCCCC2)CC1. The third-order valence-corrected chi connectivity index (χ3v) is 2.53. The zero-order valence-corrected chi connectivity index (χ0v) is 7.50. The van der Waals surface area contributed by atoms with Crippen LogP contribution < -0.4 is 0 Å². The Morgan fingerprint density at radius 2 is 2.25 bits per heavy atom. The number of hydrogen-bond donors (Lipinski definition) is 0. The Morgan fingerprint density at radius 3 is 2.92 bits per heavy atom. The third-order valence-electron chi connectivity index (χ3n) is 2.53. The molecule has 0 aromatic carbocycles. The second kappa shape index (κ2) is 3.74. The summed E-state index contributed by atoms with van der Waals surface area (Å²) in [6.45, 7) is 3.31. The lowest BCUT2D eigenvalue weighted by atomic mass is 10.1. The van der Waals surface area contributed by atoms with E-state index in [-0.39, 0.29) is 0 Å². The average molecular weight is 164 g/mol. The maximum atomic E-state index is 4.56. The first kappa shape index (κ1) is 7.84. The van der Waals surface area contributed by atoms with Gasteiger partial charge >= 0.3 is 0 Å². The molecule has 0 aliphatic carbocycles. The van der Waals surface area contributed by atoms with Crippen LogP contribution in [0.3, 0.4) is 0 Å². The van der Waals surface area contributed by atoms with Gasteiger partial charge in [0.25, 0.3) is 0 Å². The lowest BCUT2D eigenvalue weighted by molar-refractivity contribution is 0.433. The molecule has 2 aliphatic rings. The molecule has 2 heterocycles. The van der Waals surface area contributed by atoms with Crippen molar-refractivity contribution in [3.8, 4) is 0 Å². The molecular weight excluding hydrogens is 148 g/mol. The first-order valence-electron chi connectivity index (χ1n) is 4.90. The number of rotatable bonds is 0. The largest absolute Gasteiger partial charge is 0.356 e. The Hall–Kier alpha value is -0.790. The van der Waals surface area contributed by atoms with Crippen molar-refractivity contribution in [1.29, 1.82) is 0 Å². The zero-order valence-electron chi connectivity index (χ0n) is 7.50. The molecule has 0 unspecified atom stereocenters. The van der Waals surface area contributed by atoms with E-state index < -0.39 is 0 Å². The standard InChI is InChI=1S/C10H16N2/c1-4-8-12(9-5-1)10-6-2-3-7-11-10/h1,4H,2-3,5-9H2. The molecule has 2 aliphatic heterocycles. The predicted octanol–water partition coefficient (Wildman–Crippen LogP) is 1.83. The summed E-state index contributed by atoms with van der Waals surface area (Å²) in [6, 6.07) is 0. The van der Waals surface area contributed by atoms with Crippen molar-refractivity contribution in [3.05, 3.63) is 12.2 Å². The molecular formula is C10H16N2. The van der Waals surface area contributed by atoms with E-state index in [0.29, 0.717) is 0 Å². The van der Waals surface area contributed by atoms with Gasteiger partial charge in [0.05, 0.1) is 5.84 Å². The van der Waals surface area contributed by atoms with Crippen LogP contribution in [-0.2, 0) is 0 Å². The van der Waals surface area contributed by atoms with E-state index in [1.165, 1.54) is 38.1 Å². The smallest absolute Gasteiger partial charge is 0.0991 e. The first-order valence-corrected chi connectivity index (χ1v) is 4.90. The minimum absolute atomic E-state index is 1.05. The van der Waals surface area contributed by atoms with Crippen LogP contribution in [-0.4, -0.2) is 30.4 Å². The van der Waals surface area contributed by atoms with Crippen LogP contribution in [0.2, 0.25) is 0 Å². The van der Waals surface area contributed by atoms with Crippen molar-refractivity contribution in [2.45, 2.75) is 25.7 Å². The van der Waals surface area contributed by atoms with Crippen LogP contribution in [0.25, 0.3) is 0 Å². The van der Waals surface area contributed by atoms with E-state index >= 15 is 0 Å². The molecule has 0 atom stereocenters. The zero-order chi connectivity index (χ0) is 8.23.